The first-order valence-corrected chi connectivity index (χ1v) is 6.58. The Morgan fingerprint density at radius 2 is 2.04 bits per heavy atom. The predicted octanol–water partition coefficient (Wildman–Crippen LogP) is 0.894. The number of methoxy groups -OCH3 is 1. The lowest BCUT2D eigenvalue weighted by molar-refractivity contribution is -0.398. The minimum absolute atomic E-state index is 0.215. The third-order valence-electron chi connectivity index (χ3n) is 3.46. The van der Waals surface area contributed by atoms with Crippen molar-refractivity contribution in [3.8, 4) is 11.5 Å². The maximum Gasteiger partial charge on any atom is 0.319 e. The van der Waals surface area contributed by atoms with Gasteiger partial charge < -0.3 is 20.5 Å². The van der Waals surface area contributed by atoms with E-state index in [1.807, 2.05) is 0 Å². The van der Waals surface area contributed by atoms with Gasteiger partial charge >= 0.3 is 6.03 Å². The maximum absolute atomic E-state index is 11.9. The van der Waals surface area contributed by atoms with E-state index in [1.165, 1.54) is 20.1 Å². The van der Waals surface area contributed by atoms with Crippen molar-refractivity contribution in [1.82, 2.24) is 10.6 Å². The highest BCUT2D eigenvalue weighted by atomic mass is 16.6. The number of nitro groups is 1. The summed E-state index contributed by atoms with van der Waals surface area (Å²) in [6.45, 7) is 2.87. The number of carbonyl (C=O) groups is 2. The van der Waals surface area contributed by atoms with Crippen LogP contribution in [0.4, 0.5) is 10.5 Å². The first kappa shape index (κ1) is 16.3. The monoisotopic (exact) mass is 320 g/mol. The summed E-state index contributed by atoms with van der Waals surface area (Å²) >= 11 is 0. The molecular weight excluding hydrogens is 306 g/mol. The molecule has 0 bridgehead atoms. The highest BCUT2D eigenvalue weighted by Gasteiger charge is 2.31. The summed E-state index contributed by atoms with van der Waals surface area (Å²) in [4.78, 5) is 33.7. The number of hydrogen-bond donors (Lipinski definition) is 2. The molecule has 9 nitrogen and oxygen atoms in total. The fourth-order valence-electron chi connectivity index (χ4n) is 2.47. The third-order valence-corrected chi connectivity index (χ3v) is 3.46. The summed E-state index contributed by atoms with van der Waals surface area (Å²) in [5, 5.41) is 27.9. The van der Waals surface area contributed by atoms with Crippen molar-refractivity contribution in [2.45, 2.75) is 19.9 Å². The van der Waals surface area contributed by atoms with Crippen molar-refractivity contribution in [2.24, 2.45) is 0 Å². The second-order valence-electron chi connectivity index (χ2n) is 4.95. The van der Waals surface area contributed by atoms with Crippen molar-refractivity contribution in [1.29, 1.82) is 0 Å². The molecule has 122 valence electrons. The van der Waals surface area contributed by atoms with Crippen molar-refractivity contribution in [3.05, 3.63) is 39.1 Å². The van der Waals surface area contributed by atoms with Gasteiger partial charge in [0.1, 0.15) is 5.75 Å². The minimum atomic E-state index is -0.908. The number of carbonyl (C=O) groups excluding carboxylic acids is 2. The molecule has 23 heavy (non-hydrogen) atoms. The predicted molar refractivity (Wildman–Crippen MR) is 76.9 cm³/mol. The Morgan fingerprint density at radius 1 is 1.39 bits per heavy atom. The Kier molecular flexibility index (Phi) is 4.21. The lowest BCUT2D eigenvalue weighted by Crippen LogP contribution is -2.44. The lowest BCUT2D eigenvalue weighted by atomic mass is 9.92. The van der Waals surface area contributed by atoms with Crippen LogP contribution in [0.3, 0.4) is 0 Å². The van der Waals surface area contributed by atoms with Crippen LogP contribution in [0.1, 0.15) is 25.5 Å². The van der Waals surface area contributed by atoms with Crippen LogP contribution in [0.15, 0.2) is 23.4 Å². The summed E-state index contributed by atoms with van der Waals surface area (Å²) in [6, 6.07) is 0.860. The standard InChI is InChI=1S/C14H15N3O6/c1-6-11(7(2)18)12(16-14(20)15-6)8-4-9(17(21)22)13(19)10(5-8)23-3/h4-5,12,19H,1-3H3,(H2,15,16,20)/p-1/t12-/m0/s1. The Bertz CT molecular complexity index is 740. The van der Waals surface area contributed by atoms with Gasteiger partial charge in [-0.15, -0.1) is 0 Å². The van der Waals surface area contributed by atoms with Gasteiger partial charge in [-0.2, -0.15) is 0 Å². The quantitative estimate of drug-likeness (QED) is 0.625. The molecule has 1 aliphatic heterocycles. The van der Waals surface area contributed by atoms with E-state index in [4.69, 9.17) is 4.74 Å². The molecule has 1 heterocycles. The van der Waals surface area contributed by atoms with Crippen LogP contribution in [0.25, 0.3) is 0 Å². The lowest BCUT2D eigenvalue weighted by Gasteiger charge is -2.28. The Labute approximate surface area is 131 Å². The second kappa shape index (κ2) is 5.95. The molecule has 0 saturated heterocycles. The van der Waals surface area contributed by atoms with Gasteiger partial charge in [0.15, 0.2) is 5.78 Å². The molecular formula is C14H14N3O6-. The normalized spacial score (nSPS) is 17.3. The van der Waals surface area contributed by atoms with Crippen LogP contribution >= 0.6 is 0 Å². The minimum Gasteiger partial charge on any atom is -0.865 e. The summed E-state index contributed by atoms with van der Waals surface area (Å²) in [5.41, 5.74) is 0.124. The Morgan fingerprint density at radius 3 is 2.57 bits per heavy atom. The van der Waals surface area contributed by atoms with E-state index in [-0.39, 0.29) is 22.7 Å². The van der Waals surface area contributed by atoms with Gasteiger partial charge in [-0.25, -0.2) is 4.79 Å². The van der Waals surface area contributed by atoms with E-state index in [0.717, 1.165) is 6.07 Å². The van der Waals surface area contributed by atoms with Crippen LogP contribution < -0.4 is 20.5 Å². The van der Waals surface area contributed by atoms with Gasteiger partial charge in [-0.05, 0) is 25.5 Å². The number of nitro benzene ring substituents is 1. The number of rotatable bonds is 4. The van der Waals surface area contributed by atoms with Crippen LogP contribution in [0.2, 0.25) is 0 Å². The molecule has 0 radical (unpaired) electrons. The Hall–Kier alpha value is -3.10. The van der Waals surface area contributed by atoms with E-state index in [9.17, 15) is 24.8 Å². The summed E-state index contributed by atoms with van der Waals surface area (Å²) in [5.74, 6) is -1.41. The fraction of sp³-hybridized carbons (Fsp3) is 0.286. The molecule has 1 aromatic rings. The maximum atomic E-state index is 11.9. The van der Waals surface area contributed by atoms with Crippen LogP contribution in [-0.2, 0) is 4.79 Å². The van der Waals surface area contributed by atoms with E-state index in [2.05, 4.69) is 10.6 Å². The number of Topliss-reactive ketones (excluding diaryl/α,β-unsaturated/α-hetero) is 1. The number of ketones is 1. The SMILES string of the molecule is COc1cc([C@@H]2NC(=O)NC(C)=C2C(C)=O)cc([N+](=O)[O-])c1[O-]. The summed E-state index contributed by atoms with van der Waals surface area (Å²) in [6.07, 6.45) is 0. The molecule has 0 fully saturated rings. The molecule has 1 aromatic carbocycles. The number of benzene rings is 1. The Balaban J connectivity index is 2.66. The van der Waals surface area contributed by atoms with Crippen molar-refractivity contribution < 1.29 is 24.4 Å². The van der Waals surface area contributed by atoms with E-state index in [1.54, 1.807) is 6.92 Å². The van der Waals surface area contributed by atoms with Crippen LogP contribution in [0, 0.1) is 10.1 Å². The van der Waals surface area contributed by atoms with E-state index in [0.29, 0.717) is 5.70 Å². The molecule has 2 amide bonds. The second-order valence-corrected chi connectivity index (χ2v) is 4.95. The molecule has 2 rings (SSSR count). The van der Waals surface area contributed by atoms with Gasteiger partial charge in [0, 0.05) is 23.1 Å². The van der Waals surface area contributed by atoms with Crippen molar-refractivity contribution in [3.63, 3.8) is 0 Å². The average molecular weight is 320 g/mol. The fourth-order valence-corrected chi connectivity index (χ4v) is 2.47. The topological polar surface area (TPSA) is 134 Å². The largest absolute Gasteiger partial charge is 0.865 e. The smallest absolute Gasteiger partial charge is 0.319 e. The zero-order valence-electron chi connectivity index (χ0n) is 12.6. The average Bonchev–Trinajstić information content (AvgIpc) is 2.45. The molecule has 2 N–H and O–H groups in total. The third kappa shape index (κ3) is 2.93. The van der Waals surface area contributed by atoms with Gasteiger partial charge in [0.05, 0.1) is 18.1 Å². The van der Waals surface area contributed by atoms with E-state index < -0.39 is 28.4 Å². The summed E-state index contributed by atoms with van der Waals surface area (Å²) < 4.78 is 4.87. The molecule has 1 aliphatic rings. The van der Waals surface area contributed by atoms with Crippen LogP contribution in [0.5, 0.6) is 11.5 Å². The molecule has 0 aromatic heterocycles. The molecule has 0 spiro atoms. The number of amides is 2. The molecule has 0 unspecified atom stereocenters. The first-order valence-electron chi connectivity index (χ1n) is 6.58. The molecule has 9 heteroatoms. The highest BCUT2D eigenvalue weighted by molar-refractivity contribution is 5.98. The summed E-state index contributed by atoms with van der Waals surface area (Å²) in [7, 11) is 1.21. The number of nitrogens with zero attached hydrogens (tertiary/aromatic N) is 1. The number of allylic oxidation sites excluding steroid dienone is 1. The first-order chi connectivity index (χ1) is 10.8. The highest BCUT2D eigenvalue weighted by Crippen LogP contribution is 2.38. The van der Waals surface area contributed by atoms with Crippen LogP contribution in [-0.4, -0.2) is 23.8 Å². The molecule has 1 atom stereocenters. The van der Waals surface area contributed by atoms with Gasteiger partial charge in [-0.3, -0.25) is 14.9 Å². The molecule has 0 saturated carbocycles. The zero-order chi connectivity index (χ0) is 17.3. The number of nitrogens with one attached hydrogen (secondary N) is 2. The number of ether oxygens (including phenoxy) is 1. The van der Waals surface area contributed by atoms with E-state index >= 15 is 0 Å². The van der Waals surface area contributed by atoms with Crippen molar-refractivity contribution in [2.75, 3.05) is 7.11 Å². The van der Waals surface area contributed by atoms with Gasteiger partial charge in [-0.1, -0.05) is 0 Å². The van der Waals surface area contributed by atoms with Crippen molar-refractivity contribution >= 4 is 17.5 Å². The van der Waals surface area contributed by atoms with Gasteiger partial charge in [0.25, 0.3) is 5.69 Å². The molecule has 0 aliphatic carbocycles. The zero-order valence-corrected chi connectivity index (χ0v) is 12.6. The number of urea groups is 1. The van der Waals surface area contributed by atoms with Gasteiger partial charge in [0.2, 0.25) is 0 Å². The number of hydrogen-bond acceptors (Lipinski definition) is 6.